The average molecular weight is 434 g/mol. The molecule has 3 N–H and O–H groups in total. The van der Waals surface area contributed by atoms with E-state index in [2.05, 4.69) is 10.4 Å². The quantitative estimate of drug-likeness (QED) is 0.592. The van der Waals surface area contributed by atoms with Crippen molar-refractivity contribution in [1.29, 1.82) is 0 Å². The maximum Gasteiger partial charge on any atom is 0.419 e. The molecule has 0 fully saturated rings. The van der Waals surface area contributed by atoms with E-state index in [4.69, 9.17) is 15.2 Å². The number of nitrogens with one attached hydrogen (secondary N) is 1. The molecule has 31 heavy (non-hydrogen) atoms. The van der Waals surface area contributed by atoms with Crippen LogP contribution in [-0.4, -0.2) is 35.9 Å². The Morgan fingerprint density at radius 3 is 2.52 bits per heavy atom. The van der Waals surface area contributed by atoms with Gasteiger partial charge in [-0.25, -0.2) is 0 Å². The van der Waals surface area contributed by atoms with E-state index < -0.39 is 17.6 Å². The third-order valence-electron chi connectivity index (χ3n) is 4.48. The Morgan fingerprint density at radius 1 is 1.16 bits per heavy atom. The van der Waals surface area contributed by atoms with Gasteiger partial charge in [0, 0.05) is 36.6 Å². The summed E-state index contributed by atoms with van der Waals surface area (Å²) in [4.78, 5) is 12.6. The van der Waals surface area contributed by atoms with Crippen LogP contribution < -0.4 is 20.5 Å². The van der Waals surface area contributed by atoms with Crippen LogP contribution in [0.1, 0.15) is 15.9 Å². The van der Waals surface area contributed by atoms with Crippen molar-refractivity contribution < 1.29 is 27.4 Å². The summed E-state index contributed by atoms with van der Waals surface area (Å²) in [6.45, 7) is 0.616. The molecule has 0 aliphatic rings. The highest BCUT2D eigenvalue weighted by atomic mass is 19.4. The summed E-state index contributed by atoms with van der Waals surface area (Å²) in [7, 11) is 2.89. The average Bonchev–Trinajstić information content (AvgIpc) is 3.17. The highest BCUT2D eigenvalue weighted by molar-refractivity contribution is 6.05. The minimum Gasteiger partial charge on any atom is -0.496 e. The summed E-state index contributed by atoms with van der Waals surface area (Å²) in [6, 6.07) is 9.83. The first-order valence-corrected chi connectivity index (χ1v) is 9.26. The normalized spacial score (nSPS) is 11.3. The standard InChI is InChI=1S/C21H21F3N4O3/c1-28-17(7-9-26-28)15-12-14(4-6-18(15)31-10-8-25)27-20(29)13-3-5-19(30-2)16(11-13)21(22,23)24/h3-7,9,11-12H,8,10,25H2,1-2H3,(H,27,29). The Bertz CT molecular complexity index is 1080. The van der Waals surface area contributed by atoms with Crippen molar-refractivity contribution in [2.75, 3.05) is 25.6 Å². The number of halogens is 3. The van der Waals surface area contributed by atoms with Gasteiger partial charge in [-0.15, -0.1) is 0 Å². The van der Waals surface area contributed by atoms with Gasteiger partial charge in [0.1, 0.15) is 18.1 Å². The number of hydrogen-bond donors (Lipinski definition) is 2. The van der Waals surface area contributed by atoms with Crippen LogP contribution in [0.2, 0.25) is 0 Å². The summed E-state index contributed by atoms with van der Waals surface area (Å²) in [5, 5.41) is 6.75. The van der Waals surface area contributed by atoms with Crippen LogP contribution in [0.3, 0.4) is 0 Å². The Kier molecular flexibility index (Phi) is 6.50. The number of methoxy groups -OCH3 is 1. The number of carbonyl (C=O) groups excluding carboxylic acids is 1. The predicted octanol–water partition coefficient (Wildman–Crippen LogP) is 3.70. The lowest BCUT2D eigenvalue weighted by Gasteiger charge is -2.15. The maximum atomic E-state index is 13.3. The molecule has 0 aliphatic carbocycles. The van der Waals surface area contributed by atoms with Crippen LogP contribution in [-0.2, 0) is 13.2 Å². The summed E-state index contributed by atoms with van der Waals surface area (Å²) in [6.07, 6.45) is -3.04. The van der Waals surface area contributed by atoms with Crippen molar-refractivity contribution >= 4 is 11.6 Å². The zero-order valence-electron chi connectivity index (χ0n) is 16.9. The number of nitrogens with zero attached hydrogens (tertiary/aromatic N) is 2. The zero-order valence-corrected chi connectivity index (χ0v) is 16.9. The molecule has 0 aliphatic heterocycles. The van der Waals surface area contributed by atoms with Crippen LogP contribution in [0.15, 0.2) is 48.7 Å². The molecule has 10 heteroatoms. The van der Waals surface area contributed by atoms with Gasteiger partial charge in [-0.05, 0) is 42.5 Å². The minimum atomic E-state index is -4.66. The lowest BCUT2D eigenvalue weighted by atomic mass is 10.1. The molecule has 1 aromatic heterocycles. The lowest BCUT2D eigenvalue weighted by molar-refractivity contribution is -0.138. The SMILES string of the molecule is COc1ccc(C(=O)Nc2ccc(OCCN)c(-c3ccnn3C)c2)cc1C(F)(F)F. The monoisotopic (exact) mass is 434 g/mol. The van der Waals surface area contributed by atoms with Gasteiger partial charge in [0.2, 0.25) is 0 Å². The first-order chi connectivity index (χ1) is 14.7. The smallest absolute Gasteiger partial charge is 0.419 e. The molecule has 3 rings (SSSR count). The summed E-state index contributed by atoms with van der Waals surface area (Å²) in [5.41, 5.74) is 6.09. The Labute approximate surface area is 176 Å². The van der Waals surface area contributed by atoms with Gasteiger partial charge in [0.05, 0.1) is 18.4 Å². The van der Waals surface area contributed by atoms with Crippen LogP contribution in [0.5, 0.6) is 11.5 Å². The van der Waals surface area contributed by atoms with Crippen molar-refractivity contribution in [1.82, 2.24) is 9.78 Å². The van der Waals surface area contributed by atoms with Gasteiger partial charge in [0.25, 0.3) is 5.91 Å². The van der Waals surface area contributed by atoms with E-state index in [0.29, 0.717) is 30.2 Å². The number of aromatic nitrogens is 2. The number of ether oxygens (including phenoxy) is 2. The zero-order chi connectivity index (χ0) is 22.6. The van der Waals surface area contributed by atoms with Crippen molar-refractivity contribution in [3.05, 3.63) is 59.8 Å². The molecule has 0 bridgehead atoms. The molecule has 2 aromatic carbocycles. The Morgan fingerprint density at radius 2 is 1.90 bits per heavy atom. The first-order valence-electron chi connectivity index (χ1n) is 9.26. The van der Waals surface area contributed by atoms with Crippen molar-refractivity contribution in [2.45, 2.75) is 6.18 Å². The van der Waals surface area contributed by atoms with Gasteiger partial charge in [-0.2, -0.15) is 18.3 Å². The van der Waals surface area contributed by atoms with Crippen LogP contribution in [0, 0.1) is 0 Å². The molecule has 0 atom stereocenters. The molecular weight excluding hydrogens is 413 g/mol. The van der Waals surface area contributed by atoms with Crippen molar-refractivity contribution in [2.24, 2.45) is 12.8 Å². The second-order valence-electron chi connectivity index (χ2n) is 6.56. The molecule has 1 heterocycles. The largest absolute Gasteiger partial charge is 0.496 e. The molecule has 7 nitrogen and oxygen atoms in total. The number of benzene rings is 2. The number of aryl methyl sites for hydroxylation is 1. The molecule has 0 spiro atoms. The fourth-order valence-corrected chi connectivity index (χ4v) is 3.01. The fourth-order valence-electron chi connectivity index (χ4n) is 3.01. The topological polar surface area (TPSA) is 91.4 Å². The Hall–Kier alpha value is -3.53. The summed E-state index contributed by atoms with van der Waals surface area (Å²) >= 11 is 0. The molecular formula is C21H21F3N4O3. The maximum absolute atomic E-state index is 13.3. The number of hydrogen-bond acceptors (Lipinski definition) is 5. The Balaban J connectivity index is 1.92. The van der Waals surface area contributed by atoms with Crippen molar-refractivity contribution in [3.8, 4) is 22.8 Å². The second kappa shape index (κ2) is 9.09. The molecule has 0 unspecified atom stereocenters. The van der Waals surface area contributed by atoms with Crippen LogP contribution >= 0.6 is 0 Å². The molecule has 3 aromatic rings. The van der Waals surface area contributed by atoms with Crippen LogP contribution in [0.4, 0.5) is 18.9 Å². The van der Waals surface area contributed by atoms with Gasteiger partial charge < -0.3 is 20.5 Å². The number of alkyl halides is 3. The number of amides is 1. The van der Waals surface area contributed by atoms with E-state index in [1.165, 1.54) is 6.07 Å². The number of rotatable bonds is 7. The van der Waals surface area contributed by atoms with E-state index in [0.717, 1.165) is 24.9 Å². The number of anilines is 1. The second-order valence-corrected chi connectivity index (χ2v) is 6.56. The third-order valence-corrected chi connectivity index (χ3v) is 4.48. The summed E-state index contributed by atoms with van der Waals surface area (Å²) < 4.78 is 51.8. The molecule has 0 saturated heterocycles. The molecule has 1 amide bonds. The summed E-state index contributed by atoms with van der Waals surface area (Å²) in [5.74, 6) is -0.514. The van der Waals surface area contributed by atoms with Crippen molar-refractivity contribution in [3.63, 3.8) is 0 Å². The van der Waals surface area contributed by atoms with Gasteiger partial charge in [-0.1, -0.05) is 0 Å². The molecule has 164 valence electrons. The highest BCUT2D eigenvalue weighted by Crippen LogP contribution is 2.37. The fraction of sp³-hybridized carbons (Fsp3) is 0.238. The lowest BCUT2D eigenvalue weighted by Crippen LogP contribution is -2.15. The number of nitrogens with two attached hydrogens (primary N) is 1. The van der Waals surface area contributed by atoms with Gasteiger partial charge in [-0.3, -0.25) is 9.48 Å². The van der Waals surface area contributed by atoms with E-state index in [-0.39, 0.29) is 11.3 Å². The number of carbonyl (C=O) groups is 1. The van der Waals surface area contributed by atoms with Gasteiger partial charge >= 0.3 is 6.18 Å². The van der Waals surface area contributed by atoms with E-state index in [9.17, 15) is 18.0 Å². The highest BCUT2D eigenvalue weighted by Gasteiger charge is 2.35. The molecule has 0 radical (unpaired) electrons. The third kappa shape index (κ3) is 4.97. The van der Waals surface area contributed by atoms with E-state index >= 15 is 0 Å². The van der Waals surface area contributed by atoms with E-state index in [1.807, 2.05) is 0 Å². The van der Waals surface area contributed by atoms with E-state index in [1.54, 1.807) is 42.2 Å². The predicted molar refractivity (Wildman–Crippen MR) is 109 cm³/mol. The minimum absolute atomic E-state index is 0.154. The molecule has 0 saturated carbocycles. The van der Waals surface area contributed by atoms with Gasteiger partial charge in [0.15, 0.2) is 0 Å². The first kappa shape index (κ1) is 22.2. The van der Waals surface area contributed by atoms with Crippen LogP contribution in [0.25, 0.3) is 11.3 Å².